The van der Waals surface area contributed by atoms with E-state index >= 15 is 0 Å². The van der Waals surface area contributed by atoms with Gasteiger partial charge < -0.3 is 9.47 Å². The van der Waals surface area contributed by atoms with E-state index in [0.717, 1.165) is 11.7 Å². The van der Waals surface area contributed by atoms with Crippen molar-refractivity contribution in [1.82, 2.24) is 13.6 Å². The predicted octanol–water partition coefficient (Wildman–Crippen LogP) is 1.05. The van der Waals surface area contributed by atoms with E-state index in [2.05, 4.69) is 8.75 Å². The number of ether oxygens (including phenoxy) is 2. The van der Waals surface area contributed by atoms with Gasteiger partial charge >= 0.3 is 11.9 Å². The molecule has 1 fully saturated rings. The molecule has 20 heavy (non-hydrogen) atoms. The summed E-state index contributed by atoms with van der Waals surface area (Å²) in [7, 11) is 0. The molecule has 3 heterocycles. The first kappa shape index (κ1) is 13.5. The topological polar surface area (TPSA) is 81.6 Å². The van der Waals surface area contributed by atoms with Gasteiger partial charge in [0.2, 0.25) is 0 Å². The van der Waals surface area contributed by atoms with Crippen molar-refractivity contribution in [2.45, 2.75) is 19.1 Å². The Morgan fingerprint density at radius 1 is 1.45 bits per heavy atom. The van der Waals surface area contributed by atoms with E-state index < -0.39 is 17.7 Å². The molecule has 2 aliphatic heterocycles. The minimum absolute atomic E-state index is 0.131. The molecule has 0 aliphatic carbocycles. The molecule has 3 rings (SSSR count). The summed E-state index contributed by atoms with van der Waals surface area (Å²) in [5.74, 6) is -1.87. The minimum atomic E-state index is -1.39. The van der Waals surface area contributed by atoms with Gasteiger partial charge in [-0.1, -0.05) is 18.5 Å². The monoisotopic (exact) mass is 315 g/mol. The lowest BCUT2D eigenvalue weighted by molar-refractivity contribution is -0.215. The Bertz CT molecular complexity index is 617. The number of carbonyl (C=O) groups excluding carboxylic acids is 2. The van der Waals surface area contributed by atoms with Gasteiger partial charge in [0.1, 0.15) is 0 Å². The fourth-order valence-electron chi connectivity index (χ4n) is 2.42. The number of hydrogen-bond acceptors (Lipinski definition) is 8. The molecule has 1 aromatic rings. The Morgan fingerprint density at radius 3 is 2.90 bits per heavy atom. The standard InChI is InChI=1S/C11H10ClN3O4S/c1-2-15-5-3-4-6-11(15,7-8(12)14-20-13-7)19-10(17)9(16)18-6/h4H,2-3,5H2,1H3. The molecule has 0 N–H and O–H groups in total. The molecule has 0 amide bonds. The fourth-order valence-corrected chi connectivity index (χ4v) is 3.23. The Balaban J connectivity index is 2.20. The molecule has 1 aromatic heterocycles. The zero-order valence-corrected chi connectivity index (χ0v) is 12.0. The van der Waals surface area contributed by atoms with Crippen molar-refractivity contribution in [2.24, 2.45) is 0 Å². The molecule has 2 aliphatic rings. The Kier molecular flexibility index (Phi) is 3.23. The second-order valence-electron chi connectivity index (χ2n) is 4.26. The molecule has 0 radical (unpaired) electrons. The van der Waals surface area contributed by atoms with Gasteiger partial charge in [0.15, 0.2) is 16.6 Å². The van der Waals surface area contributed by atoms with E-state index in [1.807, 2.05) is 11.8 Å². The number of fused-ring (bicyclic) bond motifs is 1. The zero-order chi connectivity index (χ0) is 14.3. The quantitative estimate of drug-likeness (QED) is 0.596. The highest BCUT2D eigenvalue weighted by Crippen LogP contribution is 2.44. The van der Waals surface area contributed by atoms with Crippen LogP contribution >= 0.6 is 23.3 Å². The van der Waals surface area contributed by atoms with Crippen LogP contribution < -0.4 is 0 Å². The van der Waals surface area contributed by atoms with Crippen LogP contribution in [0.15, 0.2) is 11.8 Å². The molecular formula is C11H10ClN3O4S. The summed E-state index contributed by atoms with van der Waals surface area (Å²) in [6.45, 7) is 3.09. The third-order valence-electron chi connectivity index (χ3n) is 3.27. The Labute approximate surface area is 123 Å². The summed E-state index contributed by atoms with van der Waals surface area (Å²) in [4.78, 5) is 24.9. The first-order chi connectivity index (χ1) is 9.59. The van der Waals surface area contributed by atoms with Crippen molar-refractivity contribution >= 4 is 35.3 Å². The molecule has 0 spiro atoms. The van der Waals surface area contributed by atoms with Gasteiger partial charge in [-0.25, -0.2) is 9.59 Å². The number of likely N-dealkylation sites (N-methyl/N-ethyl adjacent to an activating group) is 1. The number of esters is 2. The third kappa shape index (κ3) is 1.75. The van der Waals surface area contributed by atoms with Crippen LogP contribution in [0.25, 0.3) is 0 Å². The van der Waals surface area contributed by atoms with Crippen molar-refractivity contribution in [3.8, 4) is 0 Å². The summed E-state index contributed by atoms with van der Waals surface area (Å²) < 4.78 is 18.5. The molecular weight excluding hydrogens is 306 g/mol. The molecule has 1 saturated heterocycles. The maximum absolute atomic E-state index is 11.7. The molecule has 106 valence electrons. The highest BCUT2D eigenvalue weighted by Gasteiger charge is 2.57. The van der Waals surface area contributed by atoms with E-state index in [9.17, 15) is 9.59 Å². The summed E-state index contributed by atoms with van der Waals surface area (Å²) >= 11 is 6.95. The first-order valence-electron chi connectivity index (χ1n) is 5.99. The Morgan fingerprint density at radius 2 is 2.25 bits per heavy atom. The second kappa shape index (κ2) is 4.80. The van der Waals surface area contributed by atoms with E-state index in [4.69, 9.17) is 21.1 Å². The van der Waals surface area contributed by atoms with Crippen LogP contribution in [0.5, 0.6) is 0 Å². The van der Waals surface area contributed by atoms with Crippen LogP contribution in [-0.4, -0.2) is 38.7 Å². The smallest absolute Gasteiger partial charge is 0.421 e. The Hall–Kier alpha value is -1.51. The van der Waals surface area contributed by atoms with Gasteiger partial charge in [-0.2, -0.15) is 8.75 Å². The summed E-state index contributed by atoms with van der Waals surface area (Å²) in [5, 5.41) is 0.131. The zero-order valence-electron chi connectivity index (χ0n) is 10.5. The average molecular weight is 316 g/mol. The third-order valence-corrected chi connectivity index (χ3v) is 4.16. The summed E-state index contributed by atoms with van der Waals surface area (Å²) in [6, 6.07) is 0. The van der Waals surface area contributed by atoms with Crippen molar-refractivity contribution < 1.29 is 19.1 Å². The molecule has 1 unspecified atom stereocenters. The maximum atomic E-state index is 11.7. The van der Waals surface area contributed by atoms with Gasteiger partial charge in [-0.15, -0.1) is 0 Å². The molecule has 0 aromatic carbocycles. The van der Waals surface area contributed by atoms with E-state index in [-0.39, 0.29) is 16.6 Å². The van der Waals surface area contributed by atoms with Gasteiger partial charge in [-0.05, 0) is 19.0 Å². The average Bonchev–Trinajstić information content (AvgIpc) is 2.86. The first-order valence-corrected chi connectivity index (χ1v) is 7.09. The normalized spacial score (nSPS) is 26.6. The van der Waals surface area contributed by atoms with Gasteiger partial charge in [0.25, 0.3) is 5.72 Å². The lowest BCUT2D eigenvalue weighted by Gasteiger charge is -2.45. The number of halogens is 1. The molecule has 7 nitrogen and oxygen atoms in total. The number of rotatable bonds is 2. The fraction of sp³-hybridized carbons (Fsp3) is 0.455. The second-order valence-corrected chi connectivity index (χ2v) is 5.15. The number of aromatic nitrogens is 2. The van der Waals surface area contributed by atoms with Crippen molar-refractivity contribution in [1.29, 1.82) is 0 Å². The molecule has 1 atom stereocenters. The van der Waals surface area contributed by atoms with Crippen LogP contribution in [0.4, 0.5) is 0 Å². The largest absolute Gasteiger partial charge is 0.422 e. The van der Waals surface area contributed by atoms with Crippen LogP contribution in [0.1, 0.15) is 19.0 Å². The van der Waals surface area contributed by atoms with Crippen LogP contribution in [-0.2, 0) is 24.8 Å². The molecule has 0 saturated carbocycles. The van der Waals surface area contributed by atoms with Crippen molar-refractivity contribution in [2.75, 3.05) is 13.1 Å². The lowest BCUT2D eigenvalue weighted by atomic mass is 9.99. The predicted molar refractivity (Wildman–Crippen MR) is 68.7 cm³/mol. The minimum Gasteiger partial charge on any atom is -0.421 e. The van der Waals surface area contributed by atoms with E-state index in [1.54, 1.807) is 6.08 Å². The van der Waals surface area contributed by atoms with Gasteiger partial charge in [0, 0.05) is 6.54 Å². The SMILES string of the molecule is CCN1CCC=C2OC(=O)C(=O)OC21c1nsnc1Cl. The highest BCUT2D eigenvalue weighted by atomic mass is 35.5. The van der Waals surface area contributed by atoms with Crippen LogP contribution in [0.2, 0.25) is 5.15 Å². The highest BCUT2D eigenvalue weighted by molar-refractivity contribution is 6.99. The van der Waals surface area contributed by atoms with Crippen molar-refractivity contribution in [3.63, 3.8) is 0 Å². The van der Waals surface area contributed by atoms with E-state index in [0.29, 0.717) is 19.5 Å². The van der Waals surface area contributed by atoms with Crippen LogP contribution in [0, 0.1) is 0 Å². The van der Waals surface area contributed by atoms with Gasteiger partial charge in [0.05, 0.1) is 11.7 Å². The van der Waals surface area contributed by atoms with E-state index in [1.165, 1.54) is 0 Å². The maximum Gasteiger partial charge on any atom is 0.422 e. The number of hydrogen-bond donors (Lipinski definition) is 0. The summed E-state index contributed by atoms with van der Waals surface area (Å²) in [5.41, 5.74) is -1.11. The van der Waals surface area contributed by atoms with Crippen LogP contribution in [0.3, 0.4) is 0 Å². The number of carbonyl (C=O) groups is 2. The van der Waals surface area contributed by atoms with Crippen molar-refractivity contribution in [3.05, 3.63) is 22.7 Å². The lowest BCUT2D eigenvalue weighted by Crippen LogP contribution is -2.57. The molecule has 0 bridgehead atoms. The van der Waals surface area contributed by atoms with Gasteiger partial charge in [-0.3, -0.25) is 4.90 Å². The summed E-state index contributed by atoms with van der Waals surface area (Å²) in [6.07, 6.45) is 2.39. The molecule has 9 heteroatoms. The number of nitrogens with zero attached hydrogens (tertiary/aromatic N) is 3.